The second-order valence-corrected chi connectivity index (χ2v) is 11.8. The highest BCUT2D eigenvalue weighted by Gasteiger charge is 2.29. The number of hydrogen-bond acceptors (Lipinski definition) is 4. The van der Waals surface area contributed by atoms with Gasteiger partial charge in [-0.1, -0.05) is 24.5 Å². The van der Waals surface area contributed by atoms with Gasteiger partial charge in [-0.2, -0.15) is 9.46 Å². The number of likely N-dealkylation sites (tertiary alicyclic amines) is 1. The number of carbonyl (C=O) groups excluding carboxylic acids is 2. The van der Waals surface area contributed by atoms with Gasteiger partial charge < -0.3 is 4.90 Å². The van der Waals surface area contributed by atoms with Crippen molar-refractivity contribution < 1.29 is 13.8 Å². The average molecular weight is 447 g/mol. The Bertz CT molecular complexity index is 959. The third-order valence-electron chi connectivity index (χ3n) is 6.99. The summed E-state index contributed by atoms with van der Waals surface area (Å²) in [6, 6.07) is 0.360. The number of rotatable bonds is 5. The fraction of sp³-hybridized carbons (Fsp3) is 0.696. The molecule has 2 amide bonds. The molecular formula is C23H34N4O3S. The van der Waals surface area contributed by atoms with Crippen LogP contribution in [0.1, 0.15) is 87.0 Å². The van der Waals surface area contributed by atoms with Gasteiger partial charge in [0, 0.05) is 37.2 Å². The zero-order chi connectivity index (χ0) is 21.8. The van der Waals surface area contributed by atoms with Gasteiger partial charge in [-0.3, -0.25) is 14.3 Å². The number of amides is 2. The first-order valence-electron chi connectivity index (χ1n) is 11.7. The summed E-state index contributed by atoms with van der Waals surface area (Å²) in [6.07, 6.45) is 17.9. The van der Waals surface area contributed by atoms with E-state index in [0.29, 0.717) is 44.0 Å². The largest absolute Gasteiger partial charge is 0.342 e. The zero-order valence-corrected chi connectivity index (χ0v) is 19.3. The van der Waals surface area contributed by atoms with Crippen LogP contribution in [0.2, 0.25) is 0 Å². The number of hydrogen-bond donors (Lipinski definition) is 0. The lowest BCUT2D eigenvalue weighted by Gasteiger charge is -2.32. The van der Waals surface area contributed by atoms with Crippen molar-refractivity contribution in [3.05, 3.63) is 29.6 Å². The number of nitrogens with zero attached hydrogens (tertiary/aromatic N) is 4. The average Bonchev–Trinajstić information content (AvgIpc) is 3.46. The van der Waals surface area contributed by atoms with Crippen LogP contribution in [0.3, 0.4) is 0 Å². The molecule has 2 heterocycles. The van der Waals surface area contributed by atoms with Crippen LogP contribution in [-0.4, -0.2) is 55.3 Å². The van der Waals surface area contributed by atoms with Gasteiger partial charge >= 0.3 is 0 Å². The van der Waals surface area contributed by atoms with Crippen molar-refractivity contribution in [2.75, 3.05) is 19.3 Å². The van der Waals surface area contributed by atoms with Crippen LogP contribution < -0.4 is 0 Å². The van der Waals surface area contributed by atoms with Crippen molar-refractivity contribution >= 4 is 21.5 Å². The summed E-state index contributed by atoms with van der Waals surface area (Å²) >= 11 is 0. The van der Waals surface area contributed by atoms with Crippen LogP contribution >= 0.6 is 0 Å². The smallest absolute Gasteiger partial charge is 0.288 e. The summed E-state index contributed by atoms with van der Waals surface area (Å²) in [7, 11) is -2.68. The number of aromatic nitrogens is 2. The molecule has 0 radical (unpaired) electrons. The summed E-state index contributed by atoms with van der Waals surface area (Å²) in [5, 5.41) is 4.17. The minimum Gasteiger partial charge on any atom is -0.342 e. The van der Waals surface area contributed by atoms with E-state index in [4.69, 9.17) is 0 Å². The maximum absolute atomic E-state index is 13.3. The minimum atomic E-state index is -2.68. The third kappa shape index (κ3) is 5.45. The predicted molar refractivity (Wildman–Crippen MR) is 121 cm³/mol. The Morgan fingerprint density at radius 1 is 1.13 bits per heavy atom. The van der Waals surface area contributed by atoms with Crippen molar-refractivity contribution in [2.24, 2.45) is 4.36 Å². The third-order valence-corrected chi connectivity index (χ3v) is 9.22. The molecule has 7 nitrogen and oxygen atoms in total. The molecular weight excluding hydrogens is 412 g/mol. The molecule has 0 aromatic carbocycles. The van der Waals surface area contributed by atoms with Gasteiger partial charge in [-0.15, -0.1) is 0 Å². The molecule has 31 heavy (non-hydrogen) atoms. The highest BCUT2D eigenvalue weighted by atomic mass is 32.2. The van der Waals surface area contributed by atoms with Gasteiger partial charge in [-0.25, -0.2) is 4.21 Å². The van der Waals surface area contributed by atoms with E-state index in [9.17, 15) is 13.8 Å². The molecule has 2 fully saturated rings. The zero-order valence-electron chi connectivity index (χ0n) is 18.5. The molecule has 1 unspecified atom stereocenters. The van der Waals surface area contributed by atoms with Crippen LogP contribution in [0.15, 0.2) is 28.4 Å². The molecule has 8 heteroatoms. The van der Waals surface area contributed by atoms with E-state index in [1.807, 2.05) is 9.58 Å². The van der Waals surface area contributed by atoms with Crippen LogP contribution in [0, 0.1) is 0 Å². The molecule has 1 saturated carbocycles. The molecule has 3 aliphatic rings. The van der Waals surface area contributed by atoms with Gasteiger partial charge in [0.25, 0.3) is 5.91 Å². The van der Waals surface area contributed by atoms with E-state index in [-0.39, 0.29) is 11.2 Å². The molecule has 1 atom stereocenters. The lowest BCUT2D eigenvalue weighted by atomic mass is 9.96. The molecule has 0 bridgehead atoms. The van der Waals surface area contributed by atoms with Crippen molar-refractivity contribution in [3.8, 4) is 0 Å². The Morgan fingerprint density at radius 3 is 2.55 bits per heavy atom. The Morgan fingerprint density at radius 2 is 1.87 bits per heavy atom. The molecule has 1 aromatic rings. The molecule has 170 valence electrons. The quantitative estimate of drug-likeness (QED) is 0.637. The van der Waals surface area contributed by atoms with Crippen LogP contribution in [-0.2, 0) is 14.5 Å². The fourth-order valence-corrected chi connectivity index (χ4v) is 6.69. The van der Waals surface area contributed by atoms with Crippen LogP contribution in [0.4, 0.5) is 0 Å². The van der Waals surface area contributed by atoms with Crippen molar-refractivity contribution in [2.45, 2.75) is 81.9 Å². The number of carbonyl (C=O) groups is 2. The predicted octanol–water partition coefficient (Wildman–Crippen LogP) is 4.12. The maximum atomic E-state index is 13.3. The monoisotopic (exact) mass is 446 g/mol. The molecule has 0 N–H and O–H groups in total. The first kappa shape index (κ1) is 22.2. The van der Waals surface area contributed by atoms with Gasteiger partial charge in [0.2, 0.25) is 5.91 Å². The second kappa shape index (κ2) is 9.67. The number of piperidine rings is 1. The Kier molecular flexibility index (Phi) is 6.94. The lowest BCUT2D eigenvalue weighted by molar-refractivity contribution is -0.131. The van der Waals surface area contributed by atoms with Crippen LogP contribution in [0.5, 0.6) is 0 Å². The van der Waals surface area contributed by atoms with E-state index < -0.39 is 15.6 Å². The van der Waals surface area contributed by atoms with Gasteiger partial charge in [0.1, 0.15) is 0 Å². The van der Waals surface area contributed by atoms with E-state index in [2.05, 4.69) is 15.5 Å². The molecule has 0 spiro atoms. The SMILES string of the molecule is CS(=O)(=NC(=O)c1cnn(C2CCCC2)c1)C1CCN(C(=O)CC2=CCCCC2)CC1. The Balaban J connectivity index is 1.34. The summed E-state index contributed by atoms with van der Waals surface area (Å²) in [5.41, 5.74) is 1.67. The molecule has 1 saturated heterocycles. The summed E-state index contributed by atoms with van der Waals surface area (Å²) in [5.74, 6) is -0.277. The summed E-state index contributed by atoms with van der Waals surface area (Å²) in [6.45, 7) is 1.18. The van der Waals surface area contributed by atoms with E-state index >= 15 is 0 Å². The Labute approximate surface area is 185 Å². The van der Waals surface area contributed by atoms with Crippen molar-refractivity contribution in [1.82, 2.24) is 14.7 Å². The van der Waals surface area contributed by atoms with Crippen molar-refractivity contribution in [3.63, 3.8) is 0 Å². The number of allylic oxidation sites excluding steroid dienone is 1. The van der Waals surface area contributed by atoms with E-state index in [1.54, 1.807) is 18.6 Å². The van der Waals surface area contributed by atoms with E-state index in [1.165, 1.54) is 31.3 Å². The van der Waals surface area contributed by atoms with Crippen molar-refractivity contribution in [1.29, 1.82) is 0 Å². The standard InChI is InChI=1S/C23H34N4O3S/c1-31(30,25-23(29)19-16-24-27(17-19)20-9-5-6-10-20)21-11-13-26(14-12-21)22(28)15-18-7-3-2-4-8-18/h7,16-17,20-21H,2-6,8-15H2,1H3. The van der Waals surface area contributed by atoms with Gasteiger partial charge in [0.05, 0.1) is 27.5 Å². The minimum absolute atomic E-state index is 0.167. The topological polar surface area (TPSA) is 84.6 Å². The summed E-state index contributed by atoms with van der Waals surface area (Å²) in [4.78, 5) is 27.2. The van der Waals surface area contributed by atoms with E-state index in [0.717, 1.165) is 25.7 Å². The molecule has 1 aromatic heterocycles. The second-order valence-electron chi connectivity index (χ2n) is 9.27. The van der Waals surface area contributed by atoms with Crippen LogP contribution in [0.25, 0.3) is 0 Å². The summed E-state index contributed by atoms with van der Waals surface area (Å²) < 4.78 is 19.2. The van der Waals surface area contributed by atoms with Gasteiger partial charge in [0.15, 0.2) is 0 Å². The first-order chi connectivity index (χ1) is 14.9. The lowest BCUT2D eigenvalue weighted by Crippen LogP contribution is -2.42. The Hall–Kier alpha value is -1.96. The molecule has 1 aliphatic heterocycles. The normalized spacial score (nSPS) is 22.7. The first-order valence-corrected chi connectivity index (χ1v) is 13.7. The van der Waals surface area contributed by atoms with Gasteiger partial charge in [-0.05, 0) is 51.4 Å². The molecule has 2 aliphatic carbocycles. The highest BCUT2D eigenvalue weighted by molar-refractivity contribution is 7.93. The maximum Gasteiger partial charge on any atom is 0.288 e. The highest BCUT2D eigenvalue weighted by Crippen LogP contribution is 2.29. The molecule has 4 rings (SSSR count). The fourth-order valence-electron chi connectivity index (χ4n) is 5.02.